The summed E-state index contributed by atoms with van der Waals surface area (Å²) in [5.74, 6) is -0.213. The maximum absolute atomic E-state index is 12.4. The Morgan fingerprint density at radius 3 is 2.35 bits per heavy atom. The maximum atomic E-state index is 12.4. The van der Waals surface area contributed by atoms with Gasteiger partial charge in [-0.15, -0.1) is 0 Å². The van der Waals surface area contributed by atoms with Gasteiger partial charge in [0.15, 0.2) is 0 Å². The standard InChI is InChI=1S/C16H13NO6S3/c1-23-12-6-8-13(9-7-12)26(21,22)24-11-10-17-16(18)14-4-2-3-5-15(14)25(17,19)20/h2-11H,1H3. The van der Waals surface area contributed by atoms with Crippen molar-refractivity contribution in [1.29, 1.82) is 0 Å². The maximum Gasteiger partial charge on any atom is 0.273 e. The number of carbonyl (C=O) groups is 1. The normalized spacial score (nSPS) is 16.0. The Hall–Kier alpha value is -2.30. The molecule has 0 saturated carbocycles. The van der Waals surface area contributed by atoms with E-state index in [9.17, 15) is 21.6 Å². The minimum absolute atomic E-state index is 0.0341. The van der Waals surface area contributed by atoms with Crippen molar-refractivity contribution in [2.45, 2.75) is 9.79 Å². The molecule has 1 heterocycles. The molecule has 0 N–H and O–H groups in total. The largest absolute Gasteiger partial charge is 0.497 e. The van der Waals surface area contributed by atoms with E-state index in [0.717, 1.165) is 11.6 Å². The number of nitrogens with zero attached hydrogens (tertiary/aromatic N) is 1. The predicted octanol–water partition coefficient (Wildman–Crippen LogP) is 2.43. The lowest BCUT2D eigenvalue weighted by Gasteiger charge is -2.08. The molecule has 0 aromatic heterocycles. The van der Waals surface area contributed by atoms with Gasteiger partial charge in [-0.25, -0.2) is 21.1 Å². The van der Waals surface area contributed by atoms with Crippen molar-refractivity contribution in [3.8, 4) is 5.75 Å². The molecule has 0 saturated heterocycles. The number of rotatable bonds is 5. The number of carbonyl (C=O) groups excluding carboxylic acids is 1. The van der Waals surface area contributed by atoms with Gasteiger partial charge in [-0.3, -0.25) is 4.79 Å². The van der Waals surface area contributed by atoms with Gasteiger partial charge in [0.05, 0.1) is 17.6 Å². The number of fused-ring (bicyclic) bond motifs is 1. The first-order chi connectivity index (χ1) is 12.3. The van der Waals surface area contributed by atoms with E-state index in [-0.39, 0.29) is 15.4 Å². The van der Waals surface area contributed by atoms with Crippen LogP contribution in [-0.2, 0) is 18.9 Å². The molecule has 0 bridgehead atoms. The van der Waals surface area contributed by atoms with Crippen LogP contribution in [0, 0.1) is 0 Å². The highest BCUT2D eigenvalue weighted by atomic mass is 33.1. The van der Waals surface area contributed by atoms with Crippen LogP contribution in [0.2, 0.25) is 0 Å². The number of hydrogen-bond acceptors (Lipinski definition) is 7. The fourth-order valence-corrected chi connectivity index (χ4v) is 5.96. The lowest BCUT2D eigenvalue weighted by molar-refractivity contribution is 0.0906. The van der Waals surface area contributed by atoms with Gasteiger partial charge in [0.1, 0.15) is 10.6 Å². The third kappa shape index (κ3) is 3.22. The lowest BCUT2D eigenvalue weighted by atomic mass is 10.2. The van der Waals surface area contributed by atoms with E-state index in [0.29, 0.717) is 20.8 Å². The van der Waals surface area contributed by atoms with Gasteiger partial charge in [0.2, 0.25) is 8.87 Å². The summed E-state index contributed by atoms with van der Waals surface area (Å²) in [6.07, 6.45) is 0.948. The van der Waals surface area contributed by atoms with Crippen LogP contribution >= 0.6 is 10.8 Å². The van der Waals surface area contributed by atoms with Crippen molar-refractivity contribution in [2.75, 3.05) is 7.11 Å². The van der Waals surface area contributed by atoms with Crippen LogP contribution in [0.3, 0.4) is 0 Å². The minimum atomic E-state index is -4.01. The Balaban J connectivity index is 1.81. The second kappa shape index (κ2) is 6.78. The van der Waals surface area contributed by atoms with E-state index in [1.54, 1.807) is 6.07 Å². The van der Waals surface area contributed by atoms with Gasteiger partial charge in [0, 0.05) is 22.4 Å². The molecule has 0 spiro atoms. The number of amides is 1. The summed E-state index contributed by atoms with van der Waals surface area (Å²) < 4.78 is 54.8. The van der Waals surface area contributed by atoms with Gasteiger partial charge in [0.25, 0.3) is 15.9 Å². The molecular formula is C16H13NO6S3. The van der Waals surface area contributed by atoms with Gasteiger partial charge in [-0.1, -0.05) is 12.1 Å². The first kappa shape index (κ1) is 18.5. The summed E-state index contributed by atoms with van der Waals surface area (Å²) in [5.41, 5.74) is 0.0557. The van der Waals surface area contributed by atoms with E-state index >= 15 is 0 Å². The SMILES string of the molecule is COc1ccc(S(=O)(=O)SC=CN2C(=O)c3ccccc3S2(=O)=O)cc1. The van der Waals surface area contributed by atoms with Crippen LogP contribution in [0.1, 0.15) is 10.4 Å². The Labute approximate surface area is 154 Å². The highest BCUT2D eigenvalue weighted by Gasteiger charge is 2.39. The molecule has 0 fully saturated rings. The Morgan fingerprint density at radius 1 is 1.08 bits per heavy atom. The van der Waals surface area contributed by atoms with Crippen LogP contribution in [0.15, 0.2) is 69.9 Å². The second-order valence-electron chi connectivity index (χ2n) is 5.11. The van der Waals surface area contributed by atoms with Crippen LogP contribution in [0.4, 0.5) is 0 Å². The molecule has 0 aliphatic carbocycles. The lowest BCUT2D eigenvalue weighted by Crippen LogP contribution is -2.23. The van der Waals surface area contributed by atoms with Crippen molar-refractivity contribution in [3.05, 3.63) is 65.7 Å². The predicted molar refractivity (Wildman–Crippen MR) is 96.7 cm³/mol. The third-order valence-corrected chi connectivity index (χ3v) is 8.30. The van der Waals surface area contributed by atoms with E-state index in [1.165, 1.54) is 49.6 Å². The summed E-state index contributed by atoms with van der Waals surface area (Å²) in [5, 5.41) is 1.06. The van der Waals surface area contributed by atoms with E-state index < -0.39 is 24.8 Å². The summed E-state index contributed by atoms with van der Waals surface area (Å²) in [7, 11) is -5.90. The summed E-state index contributed by atoms with van der Waals surface area (Å²) >= 11 is 0. The quantitative estimate of drug-likeness (QED) is 0.697. The average Bonchev–Trinajstić information content (AvgIpc) is 2.83. The smallest absolute Gasteiger partial charge is 0.273 e. The number of hydrogen-bond donors (Lipinski definition) is 0. The number of ether oxygens (including phenoxy) is 1. The molecule has 1 aliphatic heterocycles. The molecule has 2 aromatic carbocycles. The van der Waals surface area contributed by atoms with Crippen molar-refractivity contribution < 1.29 is 26.4 Å². The van der Waals surface area contributed by atoms with Crippen molar-refractivity contribution >= 4 is 35.6 Å². The number of methoxy groups -OCH3 is 1. The third-order valence-electron chi connectivity index (χ3n) is 3.58. The summed E-state index contributed by atoms with van der Waals surface area (Å²) in [6, 6.07) is 11.6. The molecule has 3 rings (SSSR count). The van der Waals surface area contributed by atoms with Gasteiger partial charge >= 0.3 is 0 Å². The van der Waals surface area contributed by atoms with Crippen molar-refractivity contribution in [2.24, 2.45) is 0 Å². The number of benzene rings is 2. The van der Waals surface area contributed by atoms with Crippen LogP contribution in [0.5, 0.6) is 5.75 Å². The van der Waals surface area contributed by atoms with Crippen molar-refractivity contribution in [1.82, 2.24) is 4.31 Å². The highest BCUT2D eigenvalue weighted by molar-refractivity contribution is 8.73. The van der Waals surface area contributed by atoms with Crippen molar-refractivity contribution in [3.63, 3.8) is 0 Å². The fraction of sp³-hybridized carbons (Fsp3) is 0.0625. The molecule has 0 unspecified atom stereocenters. The topological polar surface area (TPSA) is 97.8 Å². The zero-order valence-electron chi connectivity index (χ0n) is 13.4. The van der Waals surface area contributed by atoms with Crippen LogP contribution < -0.4 is 4.74 Å². The first-order valence-electron chi connectivity index (χ1n) is 7.19. The summed E-state index contributed by atoms with van der Waals surface area (Å²) in [4.78, 5) is 12.2. The van der Waals surface area contributed by atoms with Gasteiger partial charge in [-0.05, 0) is 36.4 Å². The van der Waals surface area contributed by atoms with E-state index in [2.05, 4.69) is 0 Å². The Kier molecular flexibility index (Phi) is 4.82. The number of sulfonamides is 1. The molecule has 0 radical (unpaired) electrons. The van der Waals surface area contributed by atoms with Crippen LogP contribution in [0.25, 0.3) is 0 Å². The average molecular weight is 411 g/mol. The minimum Gasteiger partial charge on any atom is -0.497 e. The van der Waals surface area contributed by atoms with E-state index in [4.69, 9.17) is 4.74 Å². The van der Waals surface area contributed by atoms with Gasteiger partial charge < -0.3 is 4.74 Å². The molecule has 1 amide bonds. The molecule has 0 atom stereocenters. The highest BCUT2D eigenvalue weighted by Crippen LogP contribution is 2.32. The Morgan fingerprint density at radius 2 is 1.73 bits per heavy atom. The fourth-order valence-electron chi connectivity index (χ4n) is 2.30. The molecule has 26 heavy (non-hydrogen) atoms. The molecule has 10 heteroatoms. The molecule has 7 nitrogen and oxygen atoms in total. The Bertz CT molecular complexity index is 1090. The summed E-state index contributed by atoms with van der Waals surface area (Å²) in [6.45, 7) is 0. The molecular weight excluding hydrogens is 398 g/mol. The molecule has 136 valence electrons. The molecule has 1 aliphatic rings. The zero-order chi connectivity index (χ0) is 18.9. The van der Waals surface area contributed by atoms with Crippen LogP contribution in [-0.4, -0.2) is 34.2 Å². The second-order valence-corrected chi connectivity index (χ2v) is 10.6. The van der Waals surface area contributed by atoms with E-state index in [1.807, 2.05) is 0 Å². The molecule has 2 aromatic rings. The zero-order valence-corrected chi connectivity index (χ0v) is 15.8. The first-order valence-corrected chi connectivity index (χ1v) is 11.5. The van der Waals surface area contributed by atoms with Gasteiger partial charge in [-0.2, -0.15) is 0 Å². The monoisotopic (exact) mass is 411 g/mol.